The summed E-state index contributed by atoms with van der Waals surface area (Å²) >= 11 is 6.79. The van der Waals surface area contributed by atoms with E-state index in [1.54, 1.807) is 14.0 Å². The number of aliphatic hydroxyl groups is 2. The fourth-order valence-electron chi connectivity index (χ4n) is 6.44. The Bertz CT molecular complexity index is 1550. The van der Waals surface area contributed by atoms with Gasteiger partial charge in [0.2, 0.25) is 5.79 Å². The predicted octanol–water partition coefficient (Wildman–Crippen LogP) is 7.08. The van der Waals surface area contributed by atoms with E-state index in [1.165, 1.54) is 0 Å². The standard InChI is InChI=1S/C39H45ClO7/c1-5-44-34-19-16-29(17-20-34)22-32-23-33(18-21-35(32)40)39(43-4)37(46-25-31-14-10-7-11-15-31)36(45-24-30-12-8-6-9-13-30)27(2)38(26-41,47-39)28(3)42/h6-21,23,27-28,36-37,41-42H,5,22,24-26H2,1-4H3/t27-,28?,36-,37+,38+,39-/m0/s1. The molecule has 0 amide bonds. The summed E-state index contributed by atoms with van der Waals surface area (Å²) in [6.45, 7) is 6.14. The Kier molecular flexibility index (Phi) is 11.7. The third kappa shape index (κ3) is 7.58. The second-order valence-electron chi connectivity index (χ2n) is 12.1. The van der Waals surface area contributed by atoms with Gasteiger partial charge in [-0.1, -0.05) is 97.4 Å². The van der Waals surface area contributed by atoms with Gasteiger partial charge in [0.1, 0.15) is 17.5 Å². The van der Waals surface area contributed by atoms with Crippen LogP contribution in [-0.2, 0) is 44.4 Å². The first-order valence-electron chi connectivity index (χ1n) is 16.1. The summed E-state index contributed by atoms with van der Waals surface area (Å²) in [5.41, 5.74) is 3.02. The number of rotatable bonds is 14. The predicted molar refractivity (Wildman–Crippen MR) is 182 cm³/mol. The van der Waals surface area contributed by atoms with E-state index in [9.17, 15) is 10.2 Å². The zero-order valence-electron chi connectivity index (χ0n) is 27.5. The zero-order chi connectivity index (χ0) is 33.4. The second kappa shape index (κ2) is 15.8. The maximum Gasteiger partial charge on any atom is 0.225 e. The molecule has 5 rings (SSSR count). The lowest BCUT2D eigenvalue weighted by Gasteiger charge is -2.57. The molecule has 1 unspecified atom stereocenters. The molecule has 1 fully saturated rings. The Morgan fingerprint density at radius 3 is 2.02 bits per heavy atom. The lowest BCUT2D eigenvalue weighted by molar-refractivity contribution is -0.412. The molecule has 0 radical (unpaired) electrons. The Balaban J connectivity index is 1.60. The fraction of sp³-hybridized carbons (Fsp3) is 0.385. The van der Waals surface area contributed by atoms with Gasteiger partial charge in [-0.05, 0) is 66.8 Å². The zero-order valence-corrected chi connectivity index (χ0v) is 28.2. The molecule has 1 heterocycles. The third-order valence-electron chi connectivity index (χ3n) is 9.17. The molecular weight excluding hydrogens is 616 g/mol. The molecule has 4 aromatic carbocycles. The van der Waals surface area contributed by atoms with Gasteiger partial charge in [-0.2, -0.15) is 0 Å². The third-order valence-corrected chi connectivity index (χ3v) is 9.54. The number of hydrogen-bond acceptors (Lipinski definition) is 7. The van der Waals surface area contributed by atoms with Crippen molar-refractivity contribution < 1.29 is 33.9 Å². The SMILES string of the molecule is CCOc1ccc(Cc2cc([C@]3(OC)O[C@@](CO)(C(C)O)[C@@H](C)[C@H](OCc4ccccc4)[C@H]3OCc3ccccc3)ccc2Cl)cc1. The molecule has 0 spiro atoms. The average molecular weight is 661 g/mol. The van der Waals surface area contributed by atoms with Gasteiger partial charge in [0, 0.05) is 23.6 Å². The quantitative estimate of drug-likeness (QED) is 0.150. The summed E-state index contributed by atoms with van der Waals surface area (Å²) in [6.07, 6.45) is -2.02. The van der Waals surface area contributed by atoms with E-state index in [2.05, 4.69) is 0 Å². The summed E-state index contributed by atoms with van der Waals surface area (Å²) in [6, 6.07) is 33.3. The highest BCUT2D eigenvalue weighted by Gasteiger charge is 2.63. The lowest BCUT2D eigenvalue weighted by Crippen LogP contribution is -2.71. The highest BCUT2D eigenvalue weighted by Crippen LogP contribution is 2.50. The molecule has 1 saturated heterocycles. The van der Waals surface area contributed by atoms with Crippen molar-refractivity contribution in [1.82, 2.24) is 0 Å². The summed E-state index contributed by atoms with van der Waals surface area (Å²) in [7, 11) is 1.55. The van der Waals surface area contributed by atoms with Gasteiger partial charge in [-0.25, -0.2) is 0 Å². The van der Waals surface area contributed by atoms with Crippen LogP contribution >= 0.6 is 11.6 Å². The Morgan fingerprint density at radius 1 is 0.851 bits per heavy atom. The normalized spacial score (nSPS) is 25.0. The molecule has 7 nitrogen and oxygen atoms in total. The van der Waals surface area contributed by atoms with Gasteiger partial charge in [-0.15, -0.1) is 0 Å². The molecule has 4 aromatic rings. The van der Waals surface area contributed by atoms with Crippen molar-refractivity contribution in [2.45, 2.75) is 70.1 Å². The van der Waals surface area contributed by atoms with Crippen molar-refractivity contribution in [2.75, 3.05) is 20.3 Å². The summed E-state index contributed by atoms with van der Waals surface area (Å²) < 4.78 is 32.4. The number of methoxy groups -OCH3 is 1. The number of hydrogen-bond donors (Lipinski definition) is 2. The van der Waals surface area contributed by atoms with Crippen LogP contribution in [0.3, 0.4) is 0 Å². The summed E-state index contributed by atoms with van der Waals surface area (Å²) in [5.74, 6) is -1.30. The minimum absolute atomic E-state index is 0.255. The van der Waals surface area contributed by atoms with Crippen molar-refractivity contribution in [3.05, 3.63) is 136 Å². The first-order chi connectivity index (χ1) is 22.8. The Hall–Kier alpha value is -3.27. The van der Waals surface area contributed by atoms with Crippen molar-refractivity contribution in [3.8, 4) is 5.75 Å². The van der Waals surface area contributed by atoms with Crippen LogP contribution in [0.2, 0.25) is 5.02 Å². The molecule has 1 aliphatic heterocycles. The molecule has 250 valence electrons. The lowest BCUT2D eigenvalue weighted by atomic mass is 9.73. The number of ether oxygens (including phenoxy) is 5. The van der Waals surface area contributed by atoms with E-state index in [-0.39, 0.29) is 13.2 Å². The summed E-state index contributed by atoms with van der Waals surface area (Å²) in [5, 5.41) is 22.8. The molecule has 0 saturated carbocycles. The van der Waals surface area contributed by atoms with Gasteiger partial charge in [0.15, 0.2) is 0 Å². The van der Waals surface area contributed by atoms with Gasteiger partial charge in [-0.3, -0.25) is 0 Å². The molecule has 6 atom stereocenters. The Labute approximate surface area is 283 Å². The molecule has 47 heavy (non-hydrogen) atoms. The Morgan fingerprint density at radius 2 is 1.47 bits per heavy atom. The molecule has 2 N–H and O–H groups in total. The second-order valence-corrected chi connectivity index (χ2v) is 12.5. The van der Waals surface area contributed by atoms with Crippen LogP contribution in [0.4, 0.5) is 0 Å². The van der Waals surface area contributed by atoms with Crippen LogP contribution in [-0.4, -0.2) is 54.4 Å². The van der Waals surface area contributed by atoms with Crippen molar-refractivity contribution in [3.63, 3.8) is 0 Å². The summed E-state index contributed by atoms with van der Waals surface area (Å²) in [4.78, 5) is 0. The molecule has 0 aliphatic carbocycles. The van der Waals surface area contributed by atoms with Crippen LogP contribution in [0.5, 0.6) is 5.75 Å². The minimum atomic E-state index is -1.60. The van der Waals surface area contributed by atoms with Gasteiger partial charge >= 0.3 is 0 Å². The number of halogens is 1. The van der Waals surface area contributed by atoms with Crippen LogP contribution in [0, 0.1) is 5.92 Å². The molecule has 0 bridgehead atoms. The van der Waals surface area contributed by atoms with Crippen LogP contribution in [0.1, 0.15) is 48.6 Å². The number of aliphatic hydroxyl groups excluding tert-OH is 2. The first-order valence-corrected chi connectivity index (χ1v) is 16.5. The largest absolute Gasteiger partial charge is 0.494 e. The first kappa shape index (κ1) is 35.0. The monoisotopic (exact) mass is 660 g/mol. The highest BCUT2D eigenvalue weighted by atomic mass is 35.5. The van der Waals surface area contributed by atoms with Crippen LogP contribution in [0.25, 0.3) is 0 Å². The molecule has 0 aromatic heterocycles. The van der Waals surface area contributed by atoms with Crippen molar-refractivity contribution in [2.24, 2.45) is 5.92 Å². The molecular formula is C39H45ClO7. The number of benzene rings is 4. The van der Waals surface area contributed by atoms with Crippen LogP contribution < -0.4 is 4.74 Å². The topological polar surface area (TPSA) is 86.6 Å². The van der Waals surface area contributed by atoms with E-state index in [0.29, 0.717) is 23.6 Å². The molecule has 1 aliphatic rings. The van der Waals surface area contributed by atoms with Crippen LogP contribution in [0.15, 0.2) is 103 Å². The maximum atomic E-state index is 11.3. The van der Waals surface area contributed by atoms with Crippen molar-refractivity contribution >= 4 is 11.6 Å². The van der Waals surface area contributed by atoms with E-state index in [1.807, 2.05) is 117 Å². The smallest absolute Gasteiger partial charge is 0.225 e. The van der Waals surface area contributed by atoms with Gasteiger partial charge < -0.3 is 33.9 Å². The molecule has 8 heteroatoms. The maximum absolute atomic E-state index is 11.3. The minimum Gasteiger partial charge on any atom is -0.494 e. The van der Waals surface area contributed by atoms with E-state index in [0.717, 1.165) is 28.0 Å². The van der Waals surface area contributed by atoms with E-state index >= 15 is 0 Å². The van der Waals surface area contributed by atoms with Gasteiger partial charge in [0.05, 0.1) is 38.6 Å². The van der Waals surface area contributed by atoms with Crippen molar-refractivity contribution in [1.29, 1.82) is 0 Å². The fourth-order valence-corrected chi connectivity index (χ4v) is 6.63. The van der Waals surface area contributed by atoms with E-state index in [4.69, 9.17) is 35.3 Å². The average Bonchev–Trinajstić information content (AvgIpc) is 3.10. The van der Waals surface area contributed by atoms with Gasteiger partial charge in [0.25, 0.3) is 0 Å². The van der Waals surface area contributed by atoms with E-state index < -0.39 is 42.2 Å². The highest BCUT2D eigenvalue weighted by molar-refractivity contribution is 6.31.